The van der Waals surface area contributed by atoms with E-state index in [1.54, 1.807) is 18.3 Å². The molecule has 0 aliphatic heterocycles. The fourth-order valence-electron chi connectivity index (χ4n) is 1.17. The minimum atomic E-state index is 0. The molecule has 2 rings (SSSR count). The number of hydrogen-bond acceptors (Lipinski definition) is 2. The van der Waals surface area contributed by atoms with Crippen molar-refractivity contribution in [2.45, 2.75) is 6.42 Å². The van der Waals surface area contributed by atoms with E-state index in [4.69, 9.17) is 0 Å². The lowest BCUT2D eigenvalue weighted by molar-refractivity contribution is -0.114. The van der Waals surface area contributed by atoms with E-state index in [-0.39, 0.29) is 30.6 Å². The van der Waals surface area contributed by atoms with E-state index in [1.165, 1.54) is 0 Å². The number of fused-ring (bicyclic) bond motifs is 1. The summed E-state index contributed by atoms with van der Waals surface area (Å²) in [6, 6.07) is 3.79. The highest BCUT2D eigenvalue weighted by atomic mass is 35.5. The number of hydrogen-bond donors (Lipinski definition) is 0. The van der Waals surface area contributed by atoms with Crippen molar-refractivity contribution in [1.82, 2.24) is 4.98 Å². The first kappa shape index (κ1) is 12.1. The van der Waals surface area contributed by atoms with Crippen LogP contribution in [0.25, 0.3) is 6.08 Å². The predicted molar refractivity (Wildman–Crippen MR) is 56.5 cm³/mol. The molecule has 0 unspecified atom stereocenters. The van der Waals surface area contributed by atoms with E-state index in [9.17, 15) is 4.79 Å². The highest BCUT2D eigenvalue weighted by molar-refractivity contribution is 5.97. The van der Waals surface area contributed by atoms with Crippen LogP contribution in [0.4, 0.5) is 0 Å². The van der Waals surface area contributed by atoms with Crippen molar-refractivity contribution in [3.63, 3.8) is 0 Å². The van der Waals surface area contributed by atoms with Gasteiger partial charge in [-0.2, -0.15) is 0 Å². The van der Waals surface area contributed by atoms with Crippen LogP contribution in [0, 0.1) is 0 Å². The van der Waals surface area contributed by atoms with Crippen LogP contribution in [0.1, 0.15) is 11.3 Å². The fraction of sp³-hybridized carbons (Fsp3) is 0.111. The Balaban J connectivity index is 0.000000720. The van der Waals surface area contributed by atoms with Crippen molar-refractivity contribution in [2.75, 3.05) is 0 Å². The number of carbonyl (C=O) groups excluding carboxylic acids is 1. The molecule has 0 fully saturated rings. The number of rotatable bonds is 0. The van der Waals surface area contributed by atoms with Crippen LogP contribution in [0.5, 0.6) is 0 Å². The van der Waals surface area contributed by atoms with Gasteiger partial charge in [0.1, 0.15) is 0 Å². The zero-order chi connectivity index (χ0) is 7.68. The number of nitrogens with zero attached hydrogens (tertiary/aromatic N) is 1. The summed E-state index contributed by atoms with van der Waals surface area (Å²) in [4.78, 5) is 15.0. The maximum absolute atomic E-state index is 10.9. The summed E-state index contributed by atoms with van der Waals surface area (Å²) in [5, 5.41) is 0. The third-order valence-electron chi connectivity index (χ3n) is 1.72. The van der Waals surface area contributed by atoms with E-state index in [0.29, 0.717) is 6.42 Å². The molecular formula is C9H9Cl2NO. The summed E-state index contributed by atoms with van der Waals surface area (Å²) in [6.07, 6.45) is 5.58. The largest absolute Gasteiger partial charge is 0.294 e. The molecule has 0 atom stereocenters. The molecule has 0 saturated heterocycles. The van der Waals surface area contributed by atoms with Crippen LogP contribution in [-0.4, -0.2) is 10.8 Å². The molecule has 1 aromatic heterocycles. The number of halogens is 2. The maximum Gasteiger partial charge on any atom is 0.160 e. The van der Waals surface area contributed by atoms with E-state index < -0.39 is 0 Å². The molecule has 0 radical (unpaired) electrons. The lowest BCUT2D eigenvalue weighted by Crippen LogP contribution is -2.05. The van der Waals surface area contributed by atoms with Crippen LogP contribution in [0.2, 0.25) is 0 Å². The first-order chi connectivity index (χ1) is 5.36. The smallest absolute Gasteiger partial charge is 0.160 e. The number of aromatic nitrogens is 1. The van der Waals surface area contributed by atoms with Gasteiger partial charge in [-0.05, 0) is 23.8 Å². The van der Waals surface area contributed by atoms with E-state index in [2.05, 4.69) is 4.98 Å². The van der Waals surface area contributed by atoms with Gasteiger partial charge in [-0.15, -0.1) is 24.8 Å². The molecule has 0 saturated carbocycles. The molecule has 1 aromatic rings. The van der Waals surface area contributed by atoms with Gasteiger partial charge in [0.15, 0.2) is 5.78 Å². The molecule has 70 valence electrons. The first-order valence-corrected chi connectivity index (χ1v) is 3.51. The average molecular weight is 218 g/mol. The molecule has 0 amide bonds. The standard InChI is InChI=1S/C9H7NO.2ClH/c11-8-3-4-9-7(6-8)2-1-5-10-9;;/h1-5H,6H2;2*1H. The van der Waals surface area contributed by atoms with Gasteiger partial charge in [0.05, 0.1) is 5.69 Å². The van der Waals surface area contributed by atoms with Crippen molar-refractivity contribution in [2.24, 2.45) is 0 Å². The SMILES string of the molecule is Cl.Cl.O=C1C=Cc2ncccc2C1. The lowest BCUT2D eigenvalue weighted by Gasteiger charge is -2.06. The third kappa shape index (κ3) is 2.54. The van der Waals surface area contributed by atoms with Gasteiger partial charge in [-0.3, -0.25) is 9.78 Å². The predicted octanol–water partition coefficient (Wildman–Crippen LogP) is 2.06. The molecule has 4 heteroatoms. The van der Waals surface area contributed by atoms with Gasteiger partial charge in [0.2, 0.25) is 0 Å². The second kappa shape index (κ2) is 5.00. The van der Waals surface area contributed by atoms with Crippen LogP contribution < -0.4 is 0 Å². The van der Waals surface area contributed by atoms with Crippen molar-refractivity contribution in [1.29, 1.82) is 0 Å². The first-order valence-electron chi connectivity index (χ1n) is 3.51. The zero-order valence-corrected chi connectivity index (χ0v) is 8.40. The molecule has 2 nitrogen and oxygen atoms in total. The summed E-state index contributed by atoms with van der Waals surface area (Å²) in [7, 11) is 0. The molecule has 0 N–H and O–H groups in total. The Morgan fingerprint density at radius 3 is 2.77 bits per heavy atom. The number of ketones is 1. The Kier molecular flexibility index (Phi) is 4.67. The Morgan fingerprint density at radius 1 is 1.23 bits per heavy atom. The summed E-state index contributed by atoms with van der Waals surface area (Å²) >= 11 is 0. The summed E-state index contributed by atoms with van der Waals surface area (Å²) in [5.74, 6) is 0.158. The van der Waals surface area contributed by atoms with Crippen molar-refractivity contribution in [3.05, 3.63) is 35.7 Å². The quantitative estimate of drug-likeness (QED) is 0.667. The van der Waals surface area contributed by atoms with E-state index in [1.807, 2.05) is 12.1 Å². The Morgan fingerprint density at radius 2 is 2.00 bits per heavy atom. The van der Waals surface area contributed by atoms with Gasteiger partial charge in [-0.25, -0.2) is 0 Å². The monoisotopic (exact) mass is 217 g/mol. The van der Waals surface area contributed by atoms with Crippen molar-refractivity contribution in [3.8, 4) is 0 Å². The van der Waals surface area contributed by atoms with Crippen LogP contribution >= 0.6 is 24.8 Å². The number of carbonyl (C=O) groups is 1. The topological polar surface area (TPSA) is 30.0 Å². The second-order valence-electron chi connectivity index (χ2n) is 2.52. The van der Waals surface area contributed by atoms with Gasteiger partial charge >= 0.3 is 0 Å². The van der Waals surface area contributed by atoms with Gasteiger partial charge in [0, 0.05) is 12.6 Å². The van der Waals surface area contributed by atoms with Crippen LogP contribution in [-0.2, 0) is 11.2 Å². The molecule has 0 aromatic carbocycles. The highest BCUT2D eigenvalue weighted by Crippen LogP contribution is 2.13. The van der Waals surface area contributed by atoms with Gasteiger partial charge in [0.25, 0.3) is 0 Å². The summed E-state index contributed by atoms with van der Waals surface area (Å²) in [5.41, 5.74) is 1.95. The van der Waals surface area contributed by atoms with E-state index in [0.717, 1.165) is 11.3 Å². The number of allylic oxidation sites excluding steroid dienone is 1. The Bertz CT molecular complexity index is 336. The highest BCUT2D eigenvalue weighted by Gasteiger charge is 2.09. The zero-order valence-electron chi connectivity index (χ0n) is 6.77. The maximum atomic E-state index is 10.9. The van der Waals surface area contributed by atoms with Crippen LogP contribution in [0.15, 0.2) is 24.4 Å². The van der Waals surface area contributed by atoms with Gasteiger partial charge in [-0.1, -0.05) is 6.07 Å². The molecule has 1 aliphatic carbocycles. The molecule has 1 aliphatic rings. The lowest BCUT2D eigenvalue weighted by atomic mass is 10.0. The van der Waals surface area contributed by atoms with Gasteiger partial charge < -0.3 is 0 Å². The molecule has 0 bridgehead atoms. The van der Waals surface area contributed by atoms with Crippen molar-refractivity contribution < 1.29 is 4.79 Å². The average Bonchev–Trinajstić information content (AvgIpc) is 2.04. The Labute approximate surface area is 88.9 Å². The normalized spacial score (nSPS) is 12.5. The second-order valence-corrected chi connectivity index (χ2v) is 2.52. The van der Waals surface area contributed by atoms with E-state index >= 15 is 0 Å². The molecule has 0 spiro atoms. The van der Waals surface area contributed by atoms with Crippen molar-refractivity contribution >= 4 is 36.7 Å². The van der Waals surface area contributed by atoms with Crippen LogP contribution in [0.3, 0.4) is 0 Å². The summed E-state index contributed by atoms with van der Waals surface area (Å²) < 4.78 is 0. The molecule has 1 heterocycles. The molecule has 13 heavy (non-hydrogen) atoms. The molecular weight excluding hydrogens is 209 g/mol. The Hall–Kier alpha value is -0.860. The fourth-order valence-corrected chi connectivity index (χ4v) is 1.17. The third-order valence-corrected chi connectivity index (χ3v) is 1.72. The summed E-state index contributed by atoms with van der Waals surface area (Å²) in [6.45, 7) is 0. The minimum absolute atomic E-state index is 0. The minimum Gasteiger partial charge on any atom is -0.294 e. The number of pyridine rings is 1.